The predicted molar refractivity (Wildman–Crippen MR) is 63.8 cm³/mol. The molecule has 1 amide bonds. The third-order valence-electron chi connectivity index (χ3n) is 5.06. The summed E-state index contributed by atoms with van der Waals surface area (Å²) in [5.74, 6) is 4.00. The molecule has 0 aliphatic heterocycles. The average Bonchev–Trinajstić information content (AvgIpc) is 2.21. The normalized spacial score (nSPS) is 45.1. The van der Waals surface area contributed by atoms with Crippen molar-refractivity contribution >= 4 is 5.91 Å². The smallest absolute Gasteiger partial charge is 0.222 e. The Morgan fingerprint density at radius 1 is 1.00 bits per heavy atom. The van der Waals surface area contributed by atoms with Crippen LogP contribution in [0.4, 0.5) is 0 Å². The minimum atomic E-state index is 0.136. The van der Waals surface area contributed by atoms with E-state index in [1.54, 1.807) is 0 Å². The number of nitrogens with one attached hydrogen (secondary N) is 1. The molecule has 2 heteroatoms. The van der Waals surface area contributed by atoms with Crippen molar-refractivity contribution in [1.29, 1.82) is 0 Å². The minimum Gasteiger partial charge on any atom is -0.353 e. The second-order valence-electron chi connectivity index (χ2n) is 6.62. The Hall–Kier alpha value is -0.530. The maximum Gasteiger partial charge on any atom is 0.222 e. The third kappa shape index (κ3) is 1.66. The highest BCUT2D eigenvalue weighted by molar-refractivity contribution is 5.78. The first-order valence-corrected chi connectivity index (χ1v) is 6.94. The second-order valence-corrected chi connectivity index (χ2v) is 6.62. The molecule has 0 atom stereocenters. The molecule has 4 bridgehead atoms. The van der Waals surface area contributed by atoms with E-state index in [2.05, 4.69) is 5.32 Å². The van der Waals surface area contributed by atoms with Crippen LogP contribution in [0.5, 0.6) is 0 Å². The molecule has 0 unspecified atom stereocenters. The molecule has 0 aromatic heterocycles. The van der Waals surface area contributed by atoms with Crippen molar-refractivity contribution in [3.05, 3.63) is 0 Å². The van der Waals surface area contributed by atoms with Crippen LogP contribution in [0, 0.1) is 29.6 Å². The van der Waals surface area contributed by atoms with Gasteiger partial charge in [-0.15, -0.1) is 0 Å². The summed E-state index contributed by atoms with van der Waals surface area (Å²) in [7, 11) is 0. The van der Waals surface area contributed by atoms with Gasteiger partial charge in [0.2, 0.25) is 5.91 Å². The van der Waals surface area contributed by atoms with E-state index in [4.69, 9.17) is 0 Å². The lowest BCUT2D eigenvalue weighted by molar-refractivity contribution is -0.128. The topological polar surface area (TPSA) is 29.1 Å². The molecule has 0 spiro atoms. The molecule has 4 fully saturated rings. The zero-order valence-electron chi connectivity index (χ0n) is 10.4. The highest BCUT2D eigenvalue weighted by Gasteiger charge is 2.48. The maximum absolute atomic E-state index is 11.8. The molecule has 4 aliphatic carbocycles. The number of carbonyl (C=O) groups excluding carboxylic acids is 1. The van der Waals surface area contributed by atoms with Gasteiger partial charge in [0, 0.05) is 12.0 Å². The summed E-state index contributed by atoms with van der Waals surface area (Å²) >= 11 is 0. The van der Waals surface area contributed by atoms with Crippen molar-refractivity contribution in [2.24, 2.45) is 29.6 Å². The number of hydrogen-bond donors (Lipinski definition) is 1. The molecule has 4 aliphatic rings. The van der Waals surface area contributed by atoms with Crippen molar-refractivity contribution in [1.82, 2.24) is 5.32 Å². The molecule has 16 heavy (non-hydrogen) atoms. The van der Waals surface area contributed by atoms with E-state index in [0.717, 1.165) is 23.7 Å². The van der Waals surface area contributed by atoms with Crippen LogP contribution in [0.2, 0.25) is 0 Å². The fraction of sp³-hybridized carbons (Fsp3) is 0.929. The first kappa shape index (κ1) is 10.6. The largest absolute Gasteiger partial charge is 0.353 e. The van der Waals surface area contributed by atoms with E-state index >= 15 is 0 Å². The van der Waals surface area contributed by atoms with Crippen LogP contribution in [0.3, 0.4) is 0 Å². The van der Waals surface area contributed by atoms with Crippen molar-refractivity contribution in [2.75, 3.05) is 0 Å². The molecule has 4 rings (SSSR count). The van der Waals surface area contributed by atoms with Gasteiger partial charge in [0.05, 0.1) is 0 Å². The maximum atomic E-state index is 11.8. The van der Waals surface area contributed by atoms with Crippen LogP contribution in [0.1, 0.15) is 46.0 Å². The summed E-state index contributed by atoms with van der Waals surface area (Å²) in [6.45, 7) is 3.98. The summed E-state index contributed by atoms with van der Waals surface area (Å²) in [6, 6.07) is 0.516. The van der Waals surface area contributed by atoms with Gasteiger partial charge < -0.3 is 5.32 Å². The van der Waals surface area contributed by atoms with Crippen molar-refractivity contribution in [3.63, 3.8) is 0 Å². The van der Waals surface area contributed by atoms with E-state index in [-0.39, 0.29) is 11.8 Å². The van der Waals surface area contributed by atoms with Gasteiger partial charge in [-0.2, -0.15) is 0 Å². The van der Waals surface area contributed by atoms with Gasteiger partial charge in [-0.3, -0.25) is 4.79 Å². The summed E-state index contributed by atoms with van der Waals surface area (Å²) in [5, 5.41) is 3.32. The molecule has 90 valence electrons. The van der Waals surface area contributed by atoms with Crippen LogP contribution in [-0.2, 0) is 4.79 Å². The van der Waals surface area contributed by atoms with E-state index in [0.29, 0.717) is 6.04 Å². The first-order chi connectivity index (χ1) is 7.63. The fourth-order valence-electron chi connectivity index (χ4n) is 4.49. The number of amides is 1. The molecule has 0 aromatic rings. The highest BCUT2D eigenvalue weighted by Crippen LogP contribution is 2.53. The Bertz CT molecular complexity index is 269. The lowest BCUT2D eigenvalue weighted by atomic mass is 9.54. The molecule has 2 nitrogen and oxygen atoms in total. The number of hydrogen-bond acceptors (Lipinski definition) is 1. The van der Waals surface area contributed by atoms with Crippen LogP contribution in [0.15, 0.2) is 0 Å². The number of rotatable bonds is 2. The minimum absolute atomic E-state index is 0.136. The standard InChI is InChI=1S/C14H23NO/c1-8(2)14(16)15-13-11-4-9-3-10(6-11)7-12(13)5-9/h8-13H,3-7H2,1-2H3,(H,15,16). The van der Waals surface area contributed by atoms with Gasteiger partial charge in [-0.1, -0.05) is 13.8 Å². The molecular weight excluding hydrogens is 198 g/mol. The van der Waals surface area contributed by atoms with Crippen LogP contribution >= 0.6 is 0 Å². The summed E-state index contributed by atoms with van der Waals surface area (Å²) in [5.41, 5.74) is 0. The van der Waals surface area contributed by atoms with Gasteiger partial charge in [0.15, 0.2) is 0 Å². The Kier molecular flexibility index (Phi) is 2.49. The quantitative estimate of drug-likeness (QED) is 0.763. The molecular formula is C14H23NO. The summed E-state index contributed by atoms with van der Waals surface area (Å²) < 4.78 is 0. The first-order valence-electron chi connectivity index (χ1n) is 6.94. The van der Waals surface area contributed by atoms with Gasteiger partial charge in [0.1, 0.15) is 0 Å². The molecule has 0 radical (unpaired) electrons. The van der Waals surface area contributed by atoms with Crippen LogP contribution in [0.25, 0.3) is 0 Å². The Labute approximate surface area is 98.2 Å². The van der Waals surface area contributed by atoms with Crippen molar-refractivity contribution in [2.45, 2.75) is 52.0 Å². The fourth-order valence-corrected chi connectivity index (χ4v) is 4.49. The zero-order valence-corrected chi connectivity index (χ0v) is 10.4. The van der Waals surface area contributed by atoms with Gasteiger partial charge in [0.25, 0.3) is 0 Å². The summed E-state index contributed by atoms with van der Waals surface area (Å²) in [6.07, 6.45) is 7.02. The average molecular weight is 221 g/mol. The van der Waals surface area contributed by atoms with Crippen LogP contribution in [-0.4, -0.2) is 11.9 Å². The van der Waals surface area contributed by atoms with Gasteiger partial charge >= 0.3 is 0 Å². The molecule has 1 N–H and O–H groups in total. The van der Waals surface area contributed by atoms with E-state index in [1.807, 2.05) is 13.8 Å². The lowest BCUT2D eigenvalue weighted by Gasteiger charge is -2.54. The lowest BCUT2D eigenvalue weighted by Crippen LogP contribution is -2.56. The van der Waals surface area contributed by atoms with Crippen LogP contribution < -0.4 is 5.32 Å². The predicted octanol–water partition coefficient (Wildman–Crippen LogP) is 2.58. The Morgan fingerprint density at radius 3 is 1.94 bits per heavy atom. The molecule has 0 heterocycles. The SMILES string of the molecule is CC(C)C(=O)NC1C2CC3CC(C2)CC1C3. The Morgan fingerprint density at radius 2 is 1.50 bits per heavy atom. The Balaban J connectivity index is 1.70. The van der Waals surface area contributed by atoms with E-state index < -0.39 is 0 Å². The van der Waals surface area contributed by atoms with Gasteiger partial charge in [-0.05, 0) is 55.8 Å². The molecule has 0 aromatic carbocycles. The number of carbonyl (C=O) groups is 1. The molecule has 4 saturated carbocycles. The van der Waals surface area contributed by atoms with E-state index in [9.17, 15) is 4.79 Å². The molecule has 0 saturated heterocycles. The highest BCUT2D eigenvalue weighted by atomic mass is 16.1. The van der Waals surface area contributed by atoms with Gasteiger partial charge in [-0.25, -0.2) is 0 Å². The van der Waals surface area contributed by atoms with Crippen molar-refractivity contribution in [3.8, 4) is 0 Å². The van der Waals surface area contributed by atoms with E-state index in [1.165, 1.54) is 32.1 Å². The second kappa shape index (κ2) is 3.75. The zero-order chi connectivity index (χ0) is 11.3. The van der Waals surface area contributed by atoms with Crippen molar-refractivity contribution < 1.29 is 4.79 Å². The monoisotopic (exact) mass is 221 g/mol. The summed E-state index contributed by atoms with van der Waals surface area (Å²) in [4.78, 5) is 11.8. The third-order valence-corrected chi connectivity index (χ3v) is 5.06.